The van der Waals surface area contributed by atoms with Crippen molar-refractivity contribution in [3.63, 3.8) is 0 Å². The third kappa shape index (κ3) is 5.03. The van der Waals surface area contributed by atoms with Gasteiger partial charge < -0.3 is 21.1 Å². The third-order valence-corrected chi connectivity index (χ3v) is 5.64. The topological polar surface area (TPSA) is 114 Å². The predicted octanol–water partition coefficient (Wildman–Crippen LogP) is 2.05. The van der Waals surface area contributed by atoms with E-state index in [1.807, 2.05) is 18.2 Å². The number of nitrogens with zero attached hydrogens (tertiary/aromatic N) is 1. The van der Waals surface area contributed by atoms with Crippen LogP contribution in [-0.4, -0.2) is 43.0 Å². The molecular weight excluding hydrogens is 396 g/mol. The Kier molecular flexibility index (Phi) is 6.18. The number of anilines is 2. The maximum absolute atomic E-state index is 12.7. The molecule has 1 aliphatic carbocycles. The number of nitrogens with two attached hydrogens (primary N) is 1. The van der Waals surface area contributed by atoms with E-state index < -0.39 is 0 Å². The van der Waals surface area contributed by atoms with Gasteiger partial charge in [-0.15, -0.1) is 0 Å². The van der Waals surface area contributed by atoms with Crippen molar-refractivity contribution < 1.29 is 19.1 Å². The quantitative estimate of drug-likeness (QED) is 0.682. The number of hydrogen-bond acceptors (Lipinski definition) is 5. The maximum atomic E-state index is 12.7. The number of nitrogens with one attached hydrogen (secondary N) is 2. The van der Waals surface area contributed by atoms with Gasteiger partial charge in [-0.3, -0.25) is 19.3 Å². The molecule has 1 aliphatic heterocycles. The number of benzene rings is 2. The Bertz CT molecular complexity index is 971. The van der Waals surface area contributed by atoms with E-state index in [-0.39, 0.29) is 43.0 Å². The minimum Gasteiger partial charge on any atom is -0.484 e. The van der Waals surface area contributed by atoms with Crippen molar-refractivity contribution in [2.24, 2.45) is 5.73 Å². The Morgan fingerprint density at radius 1 is 1.10 bits per heavy atom. The van der Waals surface area contributed by atoms with Gasteiger partial charge in [0.15, 0.2) is 6.61 Å². The zero-order valence-corrected chi connectivity index (χ0v) is 17.2. The molecule has 3 amide bonds. The van der Waals surface area contributed by atoms with Crippen LogP contribution in [0.1, 0.15) is 36.0 Å². The van der Waals surface area contributed by atoms with Crippen molar-refractivity contribution in [3.8, 4) is 5.75 Å². The number of para-hydroxylation sites is 1. The molecule has 4 N–H and O–H groups in total. The molecule has 162 valence electrons. The van der Waals surface area contributed by atoms with Gasteiger partial charge in [-0.05, 0) is 56.0 Å². The molecule has 2 aromatic rings. The molecule has 31 heavy (non-hydrogen) atoms. The van der Waals surface area contributed by atoms with E-state index in [1.165, 1.54) is 4.90 Å². The van der Waals surface area contributed by atoms with Crippen LogP contribution in [0.2, 0.25) is 0 Å². The molecule has 2 aliphatic rings. The van der Waals surface area contributed by atoms with Crippen LogP contribution in [0.5, 0.6) is 5.75 Å². The van der Waals surface area contributed by atoms with E-state index in [9.17, 15) is 14.4 Å². The highest BCUT2D eigenvalue weighted by atomic mass is 16.5. The monoisotopic (exact) mass is 422 g/mol. The highest BCUT2D eigenvalue weighted by Crippen LogP contribution is 2.31. The molecule has 0 unspecified atom stereocenters. The summed E-state index contributed by atoms with van der Waals surface area (Å²) in [7, 11) is 0. The molecule has 0 radical (unpaired) electrons. The third-order valence-electron chi connectivity index (χ3n) is 5.64. The number of hydrogen-bond donors (Lipinski definition) is 3. The van der Waals surface area contributed by atoms with Crippen LogP contribution in [0.3, 0.4) is 0 Å². The lowest BCUT2D eigenvalue weighted by atomic mass is 9.91. The summed E-state index contributed by atoms with van der Waals surface area (Å²) in [6.45, 7) is -0.291. The summed E-state index contributed by atoms with van der Waals surface area (Å²) in [5, 5.41) is 5.79. The highest BCUT2D eigenvalue weighted by molar-refractivity contribution is 6.11. The van der Waals surface area contributed by atoms with Gasteiger partial charge >= 0.3 is 0 Å². The van der Waals surface area contributed by atoms with E-state index in [2.05, 4.69) is 10.6 Å². The molecule has 1 heterocycles. The first-order valence-electron chi connectivity index (χ1n) is 10.5. The van der Waals surface area contributed by atoms with Gasteiger partial charge in [0.25, 0.3) is 11.8 Å². The lowest BCUT2D eigenvalue weighted by molar-refractivity contribution is -0.123. The zero-order chi connectivity index (χ0) is 21.8. The van der Waals surface area contributed by atoms with E-state index in [0.717, 1.165) is 25.7 Å². The largest absolute Gasteiger partial charge is 0.484 e. The van der Waals surface area contributed by atoms with Crippen molar-refractivity contribution in [1.82, 2.24) is 5.32 Å². The van der Waals surface area contributed by atoms with Gasteiger partial charge in [-0.2, -0.15) is 0 Å². The minimum atomic E-state index is -0.337. The summed E-state index contributed by atoms with van der Waals surface area (Å²) in [5.74, 6) is -0.281. The molecular formula is C23H26N4O4. The zero-order valence-electron chi connectivity index (χ0n) is 17.2. The molecule has 2 aromatic carbocycles. The lowest BCUT2D eigenvalue weighted by Gasteiger charge is -2.30. The van der Waals surface area contributed by atoms with Crippen LogP contribution in [0.25, 0.3) is 0 Å². The molecule has 1 fully saturated rings. The van der Waals surface area contributed by atoms with Gasteiger partial charge in [0.1, 0.15) is 12.3 Å². The summed E-state index contributed by atoms with van der Waals surface area (Å²) >= 11 is 0. The Hall–Kier alpha value is -3.39. The smallest absolute Gasteiger partial charge is 0.265 e. The lowest BCUT2D eigenvalue weighted by Crippen LogP contribution is -2.44. The molecule has 8 nitrogen and oxygen atoms in total. The van der Waals surface area contributed by atoms with Crippen LogP contribution in [0, 0.1) is 0 Å². The number of ether oxygens (including phenoxy) is 1. The average Bonchev–Trinajstić information content (AvgIpc) is 2.78. The number of fused-ring (bicyclic) bond motifs is 1. The second kappa shape index (κ2) is 9.18. The second-order valence-electron chi connectivity index (χ2n) is 7.95. The molecule has 4 rings (SSSR count). The summed E-state index contributed by atoms with van der Waals surface area (Å²) in [6.07, 6.45) is 3.51. The van der Waals surface area contributed by atoms with Crippen LogP contribution in [0.15, 0.2) is 48.5 Å². The van der Waals surface area contributed by atoms with Crippen molar-refractivity contribution >= 4 is 29.1 Å². The Morgan fingerprint density at radius 3 is 2.58 bits per heavy atom. The summed E-state index contributed by atoms with van der Waals surface area (Å²) in [4.78, 5) is 39.0. The minimum absolute atomic E-state index is 0.0993. The summed E-state index contributed by atoms with van der Waals surface area (Å²) in [5.41, 5.74) is 7.34. The predicted molar refractivity (Wildman–Crippen MR) is 117 cm³/mol. The molecule has 1 saturated carbocycles. The Labute approximate surface area is 180 Å². The standard InChI is InChI=1S/C23H26N4O4/c24-16-7-9-17(10-8-16)25-23(30)15-6-11-20-19(12-15)26-21(28)13-27(20)22(29)14-31-18-4-2-1-3-5-18/h1-6,11-12,16-17H,7-10,13-14,24H2,(H,25,30)(H,26,28). The van der Waals surface area contributed by atoms with E-state index in [4.69, 9.17) is 10.5 Å². The fourth-order valence-electron chi connectivity index (χ4n) is 3.93. The van der Waals surface area contributed by atoms with Gasteiger partial charge in [-0.1, -0.05) is 18.2 Å². The number of rotatable bonds is 5. The number of carbonyl (C=O) groups is 3. The van der Waals surface area contributed by atoms with Crippen LogP contribution >= 0.6 is 0 Å². The van der Waals surface area contributed by atoms with Crippen molar-refractivity contribution in [1.29, 1.82) is 0 Å². The Balaban J connectivity index is 1.45. The first kappa shape index (κ1) is 20.9. The average molecular weight is 422 g/mol. The van der Waals surface area contributed by atoms with E-state index in [1.54, 1.807) is 30.3 Å². The van der Waals surface area contributed by atoms with Gasteiger partial charge in [0.05, 0.1) is 11.4 Å². The molecule has 0 atom stereocenters. The molecule has 0 aromatic heterocycles. The van der Waals surface area contributed by atoms with Crippen molar-refractivity contribution in [3.05, 3.63) is 54.1 Å². The molecule has 0 bridgehead atoms. The fraction of sp³-hybridized carbons (Fsp3) is 0.348. The maximum Gasteiger partial charge on any atom is 0.265 e. The van der Waals surface area contributed by atoms with E-state index >= 15 is 0 Å². The second-order valence-corrected chi connectivity index (χ2v) is 7.95. The van der Waals surface area contributed by atoms with Crippen LogP contribution in [0.4, 0.5) is 11.4 Å². The van der Waals surface area contributed by atoms with Crippen molar-refractivity contribution in [2.45, 2.75) is 37.8 Å². The molecule has 0 spiro atoms. The Morgan fingerprint density at radius 2 is 1.84 bits per heavy atom. The summed E-state index contributed by atoms with van der Waals surface area (Å²) in [6, 6.07) is 14.3. The van der Waals surface area contributed by atoms with Crippen LogP contribution < -0.4 is 26.0 Å². The number of amides is 3. The highest BCUT2D eigenvalue weighted by Gasteiger charge is 2.28. The van der Waals surface area contributed by atoms with Crippen LogP contribution in [-0.2, 0) is 9.59 Å². The molecule has 8 heteroatoms. The summed E-state index contributed by atoms with van der Waals surface area (Å²) < 4.78 is 5.53. The normalized spacial score (nSPS) is 20.4. The van der Waals surface area contributed by atoms with Gasteiger partial charge in [0.2, 0.25) is 5.91 Å². The van der Waals surface area contributed by atoms with Crippen molar-refractivity contribution in [2.75, 3.05) is 23.4 Å². The first-order chi connectivity index (χ1) is 15.0. The molecule has 0 saturated heterocycles. The first-order valence-corrected chi connectivity index (χ1v) is 10.5. The number of carbonyl (C=O) groups excluding carboxylic acids is 3. The van der Waals surface area contributed by atoms with E-state index in [0.29, 0.717) is 22.7 Å². The SMILES string of the molecule is NC1CCC(NC(=O)c2ccc3c(c2)NC(=O)CN3C(=O)COc2ccccc2)CC1. The van der Waals surface area contributed by atoms with Gasteiger partial charge in [0, 0.05) is 17.6 Å². The van der Waals surface area contributed by atoms with Gasteiger partial charge in [-0.25, -0.2) is 0 Å². The fourth-order valence-corrected chi connectivity index (χ4v) is 3.93.